The third kappa shape index (κ3) is 3.69. The first-order valence-electron chi connectivity index (χ1n) is 9.36. The van der Waals surface area contributed by atoms with Crippen molar-refractivity contribution in [2.24, 2.45) is 0 Å². The van der Waals surface area contributed by atoms with Crippen LogP contribution >= 0.6 is 0 Å². The maximum atomic E-state index is 12.5. The molecule has 0 amide bonds. The Labute approximate surface area is 168 Å². The van der Waals surface area contributed by atoms with E-state index < -0.39 is 5.60 Å². The van der Waals surface area contributed by atoms with Crippen LogP contribution in [0, 0.1) is 12.3 Å². The zero-order chi connectivity index (χ0) is 19.4. The number of carbonyl (C=O) groups is 1. The van der Waals surface area contributed by atoms with E-state index in [1.165, 1.54) is 9.79 Å². The van der Waals surface area contributed by atoms with Gasteiger partial charge in [-0.15, -0.1) is 6.42 Å². The molecule has 0 aliphatic heterocycles. The highest BCUT2D eigenvalue weighted by Crippen LogP contribution is 2.36. The first kappa shape index (κ1) is 18.4. The molecule has 0 spiro atoms. The van der Waals surface area contributed by atoms with Gasteiger partial charge in [0.05, 0.1) is 16.5 Å². The molecule has 1 aliphatic carbocycles. The minimum atomic E-state index is -0.700. The minimum absolute atomic E-state index is 0.232. The number of ether oxygens (including phenoxy) is 1. The van der Waals surface area contributed by atoms with Crippen LogP contribution in [0.2, 0.25) is 0 Å². The summed E-state index contributed by atoms with van der Waals surface area (Å²) in [6, 6.07) is 28.6. The van der Waals surface area contributed by atoms with Crippen LogP contribution in [0.1, 0.15) is 29.6 Å². The lowest BCUT2D eigenvalue weighted by Gasteiger charge is -2.36. The van der Waals surface area contributed by atoms with E-state index in [0.29, 0.717) is 5.56 Å². The second-order valence-electron chi connectivity index (χ2n) is 6.84. The van der Waals surface area contributed by atoms with E-state index in [2.05, 4.69) is 54.5 Å². The molecule has 0 atom stereocenters. The van der Waals surface area contributed by atoms with E-state index in [-0.39, 0.29) is 16.9 Å². The van der Waals surface area contributed by atoms with Crippen molar-refractivity contribution < 1.29 is 9.53 Å². The van der Waals surface area contributed by atoms with Gasteiger partial charge in [-0.1, -0.05) is 42.3 Å². The predicted octanol–water partition coefficient (Wildman–Crippen LogP) is 5.49. The summed E-state index contributed by atoms with van der Waals surface area (Å²) in [5.74, 6) is 2.30. The number of hydrogen-bond acceptors (Lipinski definition) is 2. The van der Waals surface area contributed by atoms with Gasteiger partial charge in [0.25, 0.3) is 0 Å². The third-order valence-electron chi connectivity index (χ3n) is 5.00. The second kappa shape index (κ2) is 7.96. The number of terminal acetylenes is 1. The molecule has 3 aromatic rings. The van der Waals surface area contributed by atoms with Gasteiger partial charge in [-0.2, -0.15) is 0 Å². The molecule has 3 heteroatoms. The number of benzene rings is 3. The Bertz CT molecular complexity index is 945. The Morgan fingerprint density at radius 3 is 1.75 bits per heavy atom. The molecule has 0 unspecified atom stereocenters. The maximum absolute atomic E-state index is 12.5. The lowest BCUT2D eigenvalue weighted by Crippen LogP contribution is -2.40. The predicted molar refractivity (Wildman–Crippen MR) is 112 cm³/mol. The van der Waals surface area contributed by atoms with E-state index in [9.17, 15) is 4.79 Å². The number of hydrogen-bond donors (Lipinski definition) is 0. The maximum Gasteiger partial charge on any atom is 0.339 e. The molecule has 2 nitrogen and oxygen atoms in total. The smallest absolute Gasteiger partial charge is 0.339 e. The summed E-state index contributed by atoms with van der Waals surface area (Å²) in [5, 5.41) is 0. The van der Waals surface area contributed by atoms with Crippen LogP contribution in [0.3, 0.4) is 0 Å². The SMILES string of the molecule is C#CC1(OC(=O)c2ccc([S+](c3ccccc3)c3ccccc3)cc2)CCC1. The standard InChI is InChI=1S/C25H21O2S/c1-2-25(18-9-19-25)27-24(26)20-14-16-23(17-15-20)28(21-10-5-3-6-11-21)22-12-7-4-8-13-22/h1,3-8,10-17H,9,18-19H2/q+1. The van der Waals surface area contributed by atoms with Crippen molar-refractivity contribution in [2.75, 3.05) is 0 Å². The second-order valence-corrected chi connectivity index (χ2v) is 8.86. The fourth-order valence-electron chi connectivity index (χ4n) is 3.26. The Hall–Kier alpha value is -2.96. The summed E-state index contributed by atoms with van der Waals surface area (Å²) < 4.78 is 5.61. The molecular formula is C25H21O2S+. The van der Waals surface area contributed by atoms with Gasteiger partial charge in [0.1, 0.15) is 0 Å². The van der Waals surface area contributed by atoms with Gasteiger partial charge in [0, 0.05) is 0 Å². The zero-order valence-corrected chi connectivity index (χ0v) is 16.3. The molecule has 0 radical (unpaired) electrons. The van der Waals surface area contributed by atoms with Crippen LogP contribution in [0.25, 0.3) is 0 Å². The Morgan fingerprint density at radius 1 is 0.821 bits per heavy atom. The largest absolute Gasteiger partial charge is 0.442 e. The summed E-state index contributed by atoms with van der Waals surface area (Å²) in [6.07, 6.45) is 8.07. The highest BCUT2D eigenvalue weighted by molar-refractivity contribution is 7.97. The van der Waals surface area contributed by atoms with Gasteiger partial charge in [-0.05, 0) is 67.8 Å². The zero-order valence-electron chi connectivity index (χ0n) is 15.5. The van der Waals surface area contributed by atoms with Gasteiger partial charge in [0.2, 0.25) is 0 Å². The molecule has 138 valence electrons. The Kier molecular flexibility index (Phi) is 5.23. The number of rotatable bonds is 5. The van der Waals surface area contributed by atoms with Crippen molar-refractivity contribution in [2.45, 2.75) is 39.5 Å². The molecule has 0 aromatic heterocycles. The average molecular weight is 386 g/mol. The molecular weight excluding hydrogens is 364 g/mol. The first-order valence-corrected chi connectivity index (χ1v) is 10.6. The van der Waals surface area contributed by atoms with Crippen molar-refractivity contribution in [3.63, 3.8) is 0 Å². The highest BCUT2D eigenvalue weighted by Gasteiger charge is 2.39. The molecule has 0 bridgehead atoms. The van der Waals surface area contributed by atoms with Gasteiger partial charge >= 0.3 is 5.97 Å². The quantitative estimate of drug-likeness (QED) is 0.330. The monoisotopic (exact) mass is 385 g/mol. The summed E-state index contributed by atoms with van der Waals surface area (Å²) in [5.41, 5.74) is -0.163. The molecule has 1 aliphatic rings. The lowest BCUT2D eigenvalue weighted by molar-refractivity contribution is -0.0258. The molecule has 1 fully saturated rings. The van der Waals surface area contributed by atoms with E-state index in [1.54, 1.807) is 0 Å². The van der Waals surface area contributed by atoms with Crippen LogP contribution in [0.15, 0.2) is 99.6 Å². The highest BCUT2D eigenvalue weighted by atomic mass is 32.2. The van der Waals surface area contributed by atoms with Crippen molar-refractivity contribution in [1.29, 1.82) is 0 Å². The van der Waals surface area contributed by atoms with Crippen LogP contribution in [-0.4, -0.2) is 11.6 Å². The summed E-state index contributed by atoms with van der Waals surface area (Å²) in [4.78, 5) is 16.2. The molecule has 0 N–H and O–H groups in total. The molecule has 0 heterocycles. The Balaban J connectivity index is 1.62. The van der Waals surface area contributed by atoms with Crippen LogP contribution < -0.4 is 0 Å². The fourth-order valence-corrected chi connectivity index (χ4v) is 5.34. The summed E-state index contributed by atoms with van der Waals surface area (Å²) in [7, 11) is -0.232. The molecule has 3 aromatic carbocycles. The Morgan fingerprint density at radius 2 is 1.32 bits per heavy atom. The molecule has 4 rings (SSSR count). The van der Waals surface area contributed by atoms with Gasteiger partial charge < -0.3 is 4.74 Å². The normalized spacial score (nSPS) is 14.7. The lowest BCUT2D eigenvalue weighted by atomic mass is 9.81. The fraction of sp³-hybridized carbons (Fsp3) is 0.160. The van der Waals surface area contributed by atoms with Crippen molar-refractivity contribution in [1.82, 2.24) is 0 Å². The van der Waals surface area contributed by atoms with Gasteiger partial charge in [-0.3, -0.25) is 0 Å². The summed E-state index contributed by atoms with van der Waals surface area (Å²) >= 11 is 0. The number of carbonyl (C=O) groups excluding carboxylic acids is 1. The van der Waals surface area contributed by atoms with Crippen molar-refractivity contribution >= 4 is 16.9 Å². The van der Waals surface area contributed by atoms with Crippen LogP contribution in [0.5, 0.6) is 0 Å². The van der Waals surface area contributed by atoms with Crippen molar-refractivity contribution in [3.8, 4) is 12.3 Å². The first-order chi connectivity index (χ1) is 13.7. The van der Waals surface area contributed by atoms with Crippen LogP contribution in [-0.2, 0) is 15.6 Å². The molecule has 0 saturated heterocycles. The van der Waals surface area contributed by atoms with E-state index in [0.717, 1.165) is 24.2 Å². The summed E-state index contributed by atoms with van der Waals surface area (Å²) in [6.45, 7) is 0. The van der Waals surface area contributed by atoms with Crippen LogP contribution in [0.4, 0.5) is 0 Å². The minimum Gasteiger partial charge on any atom is -0.442 e. The molecule has 1 saturated carbocycles. The molecule has 28 heavy (non-hydrogen) atoms. The number of esters is 1. The van der Waals surface area contributed by atoms with Gasteiger partial charge in [0.15, 0.2) is 20.3 Å². The third-order valence-corrected chi connectivity index (χ3v) is 7.23. The van der Waals surface area contributed by atoms with E-state index in [4.69, 9.17) is 11.2 Å². The van der Waals surface area contributed by atoms with E-state index in [1.807, 2.05) is 36.4 Å². The van der Waals surface area contributed by atoms with Crippen molar-refractivity contribution in [3.05, 3.63) is 90.5 Å². The van der Waals surface area contributed by atoms with E-state index >= 15 is 0 Å². The topological polar surface area (TPSA) is 26.3 Å². The van der Waals surface area contributed by atoms with Gasteiger partial charge in [-0.25, -0.2) is 4.79 Å². The average Bonchev–Trinajstić information content (AvgIpc) is 2.73.